The summed E-state index contributed by atoms with van der Waals surface area (Å²) in [5, 5.41) is 9.43. The molecular formula is C12H9Cl2NO2. The summed E-state index contributed by atoms with van der Waals surface area (Å²) in [5.41, 5.74) is 0.759. The van der Waals surface area contributed by atoms with Crippen LogP contribution < -0.4 is 0 Å². The summed E-state index contributed by atoms with van der Waals surface area (Å²) in [4.78, 5) is 11.1. The molecule has 0 saturated heterocycles. The fraction of sp³-hybridized carbons (Fsp3) is 0.167. The Kier molecular flexibility index (Phi) is 5.02. The predicted molar refractivity (Wildman–Crippen MR) is 66.8 cm³/mol. The van der Waals surface area contributed by atoms with Crippen molar-refractivity contribution in [3.05, 3.63) is 39.4 Å². The first kappa shape index (κ1) is 13.6. The molecule has 0 amide bonds. The van der Waals surface area contributed by atoms with E-state index < -0.39 is 5.97 Å². The summed E-state index contributed by atoms with van der Waals surface area (Å²) in [7, 11) is 0. The lowest BCUT2D eigenvalue weighted by molar-refractivity contribution is -0.137. The van der Waals surface area contributed by atoms with Gasteiger partial charge in [-0.1, -0.05) is 29.3 Å². The lowest BCUT2D eigenvalue weighted by Crippen LogP contribution is -1.98. The first-order chi connectivity index (χ1) is 8.10. The third kappa shape index (κ3) is 3.48. The van der Waals surface area contributed by atoms with E-state index in [0.29, 0.717) is 17.2 Å². The van der Waals surface area contributed by atoms with E-state index in [9.17, 15) is 4.79 Å². The van der Waals surface area contributed by atoms with E-state index in [0.717, 1.165) is 0 Å². The molecule has 0 atom stereocenters. The monoisotopic (exact) mass is 269 g/mol. The molecule has 0 N–H and O–H groups in total. The molecule has 1 aromatic rings. The van der Waals surface area contributed by atoms with Gasteiger partial charge in [-0.2, -0.15) is 5.26 Å². The first-order valence-corrected chi connectivity index (χ1v) is 5.58. The largest absolute Gasteiger partial charge is 0.463 e. The van der Waals surface area contributed by atoms with Crippen LogP contribution in [0.25, 0.3) is 6.08 Å². The SMILES string of the molecule is CCOC(=O)/C=C/c1ccc(Cl)c(Cl)c1C#N. The Hall–Kier alpha value is -1.50. The van der Waals surface area contributed by atoms with E-state index >= 15 is 0 Å². The highest BCUT2D eigenvalue weighted by atomic mass is 35.5. The van der Waals surface area contributed by atoms with Crippen LogP contribution in [0.1, 0.15) is 18.1 Å². The van der Waals surface area contributed by atoms with Crippen LogP contribution in [-0.4, -0.2) is 12.6 Å². The van der Waals surface area contributed by atoms with Gasteiger partial charge in [0.2, 0.25) is 0 Å². The standard InChI is InChI=1S/C12H9Cl2NO2/c1-2-17-11(16)6-4-8-3-5-10(13)12(14)9(8)7-15/h3-6H,2H2,1H3/b6-4+. The zero-order valence-corrected chi connectivity index (χ0v) is 10.5. The number of carbonyl (C=O) groups is 1. The molecule has 0 aliphatic heterocycles. The molecule has 0 heterocycles. The number of halogens is 2. The van der Waals surface area contributed by atoms with Crippen molar-refractivity contribution in [1.29, 1.82) is 5.26 Å². The third-order valence-electron chi connectivity index (χ3n) is 1.92. The van der Waals surface area contributed by atoms with Crippen LogP contribution >= 0.6 is 23.2 Å². The van der Waals surface area contributed by atoms with Gasteiger partial charge < -0.3 is 4.74 Å². The lowest BCUT2D eigenvalue weighted by atomic mass is 10.1. The maximum Gasteiger partial charge on any atom is 0.330 e. The zero-order valence-electron chi connectivity index (χ0n) is 9.04. The second-order valence-corrected chi connectivity index (χ2v) is 3.81. The highest BCUT2D eigenvalue weighted by molar-refractivity contribution is 6.42. The van der Waals surface area contributed by atoms with Gasteiger partial charge >= 0.3 is 5.97 Å². The van der Waals surface area contributed by atoms with Gasteiger partial charge in [-0.25, -0.2) is 4.79 Å². The highest BCUT2D eigenvalue weighted by Crippen LogP contribution is 2.28. The topological polar surface area (TPSA) is 50.1 Å². The summed E-state index contributed by atoms with van der Waals surface area (Å²) in [6, 6.07) is 5.12. The van der Waals surface area contributed by atoms with Crippen molar-refractivity contribution in [3.8, 4) is 6.07 Å². The minimum Gasteiger partial charge on any atom is -0.463 e. The van der Waals surface area contributed by atoms with Crippen molar-refractivity contribution in [3.63, 3.8) is 0 Å². The Morgan fingerprint density at radius 2 is 2.24 bits per heavy atom. The molecule has 3 nitrogen and oxygen atoms in total. The van der Waals surface area contributed by atoms with Crippen LogP contribution in [0.3, 0.4) is 0 Å². The molecule has 0 aliphatic carbocycles. The number of ether oxygens (including phenoxy) is 1. The van der Waals surface area contributed by atoms with Gasteiger partial charge in [0.1, 0.15) is 6.07 Å². The van der Waals surface area contributed by atoms with Gasteiger partial charge in [-0.3, -0.25) is 0 Å². The van der Waals surface area contributed by atoms with Crippen LogP contribution in [0.2, 0.25) is 10.0 Å². The lowest BCUT2D eigenvalue weighted by Gasteiger charge is -2.02. The minimum atomic E-state index is -0.470. The maximum atomic E-state index is 11.1. The van der Waals surface area contributed by atoms with Crippen LogP contribution in [0, 0.1) is 11.3 Å². The smallest absolute Gasteiger partial charge is 0.330 e. The van der Waals surface area contributed by atoms with Crippen molar-refractivity contribution in [2.24, 2.45) is 0 Å². The van der Waals surface area contributed by atoms with Crippen LogP contribution in [0.5, 0.6) is 0 Å². The highest BCUT2D eigenvalue weighted by Gasteiger charge is 2.08. The average Bonchev–Trinajstić information content (AvgIpc) is 2.31. The molecular weight excluding hydrogens is 261 g/mol. The zero-order chi connectivity index (χ0) is 12.8. The van der Waals surface area contributed by atoms with E-state index in [4.69, 9.17) is 33.2 Å². The molecule has 0 aromatic heterocycles. The second-order valence-electron chi connectivity index (χ2n) is 3.02. The predicted octanol–water partition coefficient (Wildman–Crippen LogP) is 3.44. The van der Waals surface area contributed by atoms with Crippen molar-refractivity contribution in [2.45, 2.75) is 6.92 Å². The van der Waals surface area contributed by atoms with Gasteiger partial charge in [-0.05, 0) is 24.6 Å². The quantitative estimate of drug-likeness (QED) is 0.624. The van der Waals surface area contributed by atoms with Gasteiger partial charge in [-0.15, -0.1) is 0 Å². The number of carbonyl (C=O) groups excluding carboxylic acids is 1. The summed E-state index contributed by atoms with van der Waals surface area (Å²) in [6.07, 6.45) is 2.71. The molecule has 0 radical (unpaired) electrons. The molecule has 5 heteroatoms. The molecule has 17 heavy (non-hydrogen) atoms. The van der Waals surface area contributed by atoms with Crippen molar-refractivity contribution < 1.29 is 9.53 Å². The number of nitriles is 1. The number of hydrogen-bond acceptors (Lipinski definition) is 3. The number of hydrogen-bond donors (Lipinski definition) is 0. The summed E-state index contributed by atoms with van der Waals surface area (Å²) in [6.45, 7) is 2.02. The van der Waals surface area contributed by atoms with Crippen molar-refractivity contribution in [2.75, 3.05) is 6.61 Å². The number of nitrogens with zero attached hydrogens (tertiary/aromatic N) is 1. The number of rotatable bonds is 3. The van der Waals surface area contributed by atoms with Crippen LogP contribution in [-0.2, 0) is 9.53 Å². The van der Waals surface area contributed by atoms with Gasteiger partial charge in [0, 0.05) is 6.08 Å². The Morgan fingerprint density at radius 1 is 1.53 bits per heavy atom. The van der Waals surface area contributed by atoms with Gasteiger partial charge in [0.25, 0.3) is 0 Å². The number of esters is 1. The molecule has 1 rings (SSSR count). The Bertz CT molecular complexity index is 504. The molecule has 88 valence electrons. The molecule has 1 aromatic carbocycles. The van der Waals surface area contributed by atoms with Gasteiger partial charge in [0.15, 0.2) is 0 Å². The fourth-order valence-electron chi connectivity index (χ4n) is 1.17. The summed E-state index contributed by atoms with van der Waals surface area (Å²) in [5.74, 6) is -0.470. The Balaban J connectivity index is 3.04. The van der Waals surface area contributed by atoms with Crippen molar-refractivity contribution in [1.82, 2.24) is 0 Å². The van der Waals surface area contributed by atoms with E-state index in [-0.39, 0.29) is 10.6 Å². The molecule has 0 fully saturated rings. The average molecular weight is 270 g/mol. The van der Waals surface area contributed by atoms with Crippen LogP contribution in [0.15, 0.2) is 18.2 Å². The second kappa shape index (κ2) is 6.29. The minimum absolute atomic E-state index is 0.181. The molecule has 0 aliphatic rings. The van der Waals surface area contributed by atoms with Crippen molar-refractivity contribution >= 4 is 35.2 Å². The van der Waals surface area contributed by atoms with E-state index in [1.54, 1.807) is 19.1 Å². The molecule has 0 bridgehead atoms. The molecule has 0 saturated carbocycles. The van der Waals surface area contributed by atoms with Gasteiger partial charge in [0.05, 0.1) is 22.2 Å². The number of benzene rings is 1. The summed E-state index contributed by atoms with van der Waals surface area (Å²) < 4.78 is 4.72. The summed E-state index contributed by atoms with van der Waals surface area (Å²) >= 11 is 11.6. The third-order valence-corrected chi connectivity index (χ3v) is 2.73. The van der Waals surface area contributed by atoms with Crippen LogP contribution in [0.4, 0.5) is 0 Å². The first-order valence-electron chi connectivity index (χ1n) is 4.83. The van der Waals surface area contributed by atoms with E-state index in [1.807, 2.05) is 6.07 Å². The molecule has 0 spiro atoms. The Labute approximate surface area is 109 Å². The molecule has 0 unspecified atom stereocenters. The maximum absolute atomic E-state index is 11.1. The normalized spacial score (nSPS) is 10.2. The van der Waals surface area contributed by atoms with E-state index in [2.05, 4.69) is 0 Å². The Morgan fingerprint density at radius 3 is 2.82 bits per heavy atom. The van der Waals surface area contributed by atoms with E-state index in [1.165, 1.54) is 12.2 Å². The fourth-order valence-corrected chi connectivity index (χ4v) is 1.54.